The third-order valence-corrected chi connectivity index (χ3v) is 3.83. The van der Waals surface area contributed by atoms with Crippen LogP contribution in [-0.4, -0.2) is 30.4 Å². The van der Waals surface area contributed by atoms with Crippen LogP contribution in [0, 0.1) is 11.8 Å². The molecule has 0 radical (unpaired) electrons. The van der Waals surface area contributed by atoms with Gasteiger partial charge in [0.25, 0.3) is 0 Å². The summed E-state index contributed by atoms with van der Waals surface area (Å²) in [6.45, 7) is 6.91. The van der Waals surface area contributed by atoms with Crippen molar-refractivity contribution in [2.45, 2.75) is 52.4 Å². The molecule has 0 aromatic rings. The zero-order valence-electron chi connectivity index (χ0n) is 11.5. The summed E-state index contributed by atoms with van der Waals surface area (Å²) in [6, 6.07) is 0. The van der Waals surface area contributed by atoms with Crippen molar-refractivity contribution in [2.24, 2.45) is 17.6 Å². The molecule has 17 heavy (non-hydrogen) atoms. The molecule has 0 spiro atoms. The number of nitrogens with two attached hydrogens (primary N) is 1. The van der Waals surface area contributed by atoms with E-state index in [1.807, 2.05) is 0 Å². The zero-order valence-corrected chi connectivity index (χ0v) is 11.5. The van der Waals surface area contributed by atoms with Crippen molar-refractivity contribution >= 4 is 5.91 Å². The SMILES string of the molecule is CCCN(CCC)C(=O)C1CCC(CN)CC1. The molecule has 3 heteroatoms. The van der Waals surface area contributed by atoms with E-state index in [1.165, 1.54) is 0 Å². The van der Waals surface area contributed by atoms with Gasteiger partial charge in [0.15, 0.2) is 0 Å². The van der Waals surface area contributed by atoms with Crippen molar-refractivity contribution in [3.8, 4) is 0 Å². The van der Waals surface area contributed by atoms with Gasteiger partial charge in [-0.25, -0.2) is 0 Å². The van der Waals surface area contributed by atoms with Crippen LogP contribution in [0.2, 0.25) is 0 Å². The van der Waals surface area contributed by atoms with Gasteiger partial charge < -0.3 is 10.6 Å². The lowest BCUT2D eigenvalue weighted by Gasteiger charge is -2.31. The highest BCUT2D eigenvalue weighted by atomic mass is 16.2. The van der Waals surface area contributed by atoms with Gasteiger partial charge in [-0.2, -0.15) is 0 Å². The Kier molecular flexibility index (Phi) is 6.56. The first-order valence-corrected chi connectivity index (χ1v) is 7.21. The lowest BCUT2D eigenvalue weighted by atomic mass is 9.81. The van der Waals surface area contributed by atoms with E-state index in [1.54, 1.807) is 0 Å². The number of hydrogen-bond acceptors (Lipinski definition) is 2. The molecule has 1 aliphatic rings. The van der Waals surface area contributed by atoms with Crippen molar-refractivity contribution < 1.29 is 4.79 Å². The Hall–Kier alpha value is -0.570. The predicted octanol–water partition coefficient (Wildman–Crippen LogP) is 2.40. The topological polar surface area (TPSA) is 46.3 Å². The second-order valence-corrected chi connectivity index (χ2v) is 5.28. The molecule has 0 atom stereocenters. The summed E-state index contributed by atoms with van der Waals surface area (Å²) in [5.74, 6) is 1.32. The lowest BCUT2D eigenvalue weighted by Crippen LogP contribution is -2.39. The maximum absolute atomic E-state index is 12.4. The van der Waals surface area contributed by atoms with Gasteiger partial charge in [0.1, 0.15) is 0 Å². The minimum Gasteiger partial charge on any atom is -0.342 e. The van der Waals surface area contributed by atoms with Gasteiger partial charge in [0, 0.05) is 19.0 Å². The number of rotatable bonds is 6. The molecule has 0 saturated heterocycles. The molecule has 0 bridgehead atoms. The largest absolute Gasteiger partial charge is 0.342 e. The van der Waals surface area contributed by atoms with Crippen molar-refractivity contribution in [3.05, 3.63) is 0 Å². The van der Waals surface area contributed by atoms with Crippen LogP contribution in [0.4, 0.5) is 0 Å². The second-order valence-electron chi connectivity index (χ2n) is 5.28. The van der Waals surface area contributed by atoms with Crippen molar-refractivity contribution in [3.63, 3.8) is 0 Å². The van der Waals surface area contributed by atoms with E-state index in [4.69, 9.17) is 5.73 Å². The molecule has 3 nitrogen and oxygen atoms in total. The molecule has 0 aliphatic heterocycles. The normalized spacial score (nSPS) is 24.6. The van der Waals surface area contributed by atoms with Crippen LogP contribution in [0.5, 0.6) is 0 Å². The summed E-state index contributed by atoms with van der Waals surface area (Å²) in [5, 5.41) is 0. The van der Waals surface area contributed by atoms with Gasteiger partial charge in [-0.05, 0) is 51.0 Å². The summed E-state index contributed by atoms with van der Waals surface area (Å²) >= 11 is 0. The van der Waals surface area contributed by atoms with Crippen LogP contribution in [0.15, 0.2) is 0 Å². The van der Waals surface area contributed by atoms with Crippen LogP contribution in [0.3, 0.4) is 0 Å². The Morgan fingerprint density at radius 1 is 1.12 bits per heavy atom. The molecule has 1 amide bonds. The van der Waals surface area contributed by atoms with Gasteiger partial charge in [0.05, 0.1) is 0 Å². The average molecular weight is 240 g/mol. The van der Waals surface area contributed by atoms with Gasteiger partial charge in [-0.1, -0.05) is 13.8 Å². The van der Waals surface area contributed by atoms with Gasteiger partial charge in [-0.3, -0.25) is 4.79 Å². The van der Waals surface area contributed by atoms with E-state index in [0.717, 1.165) is 58.2 Å². The van der Waals surface area contributed by atoms with Crippen LogP contribution in [-0.2, 0) is 4.79 Å². The smallest absolute Gasteiger partial charge is 0.225 e. The summed E-state index contributed by atoms with van der Waals surface area (Å²) in [6.07, 6.45) is 6.49. The maximum Gasteiger partial charge on any atom is 0.225 e. The van der Waals surface area contributed by atoms with E-state index >= 15 is 0 Å². The molecule has 1 fully saturated rings. The van der Waals surface area contributed by atoms with Crippen molar-refractivity contribution in [2.75, 3.05) is 19.6 Å². The first-order chi connectivity index (χ1) is 8.22. The third-order valence-electron chi connectivity index (χ3n) is 3.83. The molecule has 1 aliphatic carbocycles. The molecule has 0 unspecified atom stereocenters. The summed E-state index contributed by atoms with van der Waals surface area (Å²) in [4.78, 5) is 14.4. The van der Waals surface area contributed by atoms with Crippen LogP contribution in [0.25, 0.3) is 0 Å². The van der Waals surface area contributed by atoms with Crippen molar-refractivity contribution in [1.82, 2.24) is 4.90 Å². The fourth-order valence-electron chi connectivity index (χ4n) is 2.78. The fourth-order valence-corrected chi connectivity index (χ4v) is 2.78. The van der Waals surface area contributed by atoms with E-state index in [-0.39, 0.29) is 5.92 Å². The number of hydrogen-bond donors (Lipinski definition) is 1. The maximum atomic E-state index is 12.4. The fraction of sp³-hybridized carbons (Fsp3) is 0.929. The third kappa shape index (κ3) is 4.30. The molecule has 1 saturated carbocycles. The zero-order chi connectivity index (χ0) is 12.7. The van der Waals surface area contributed by atoms with Crippen LogP contribution >= 0.6 is 0 Å². The van der Waals surface area contributed by atoms with E-state index in [9.17, 15) is 4.79 Å². The highest BCUT2D eigenvalue weighted by molar-refractivity contribution is 5.78. The monoisotopic (exact) mass is 240 g/mol. The number of carbonyl (C=O) groups is 1. The summed E-state index contributed by atoms with van der Waals surface area (Å²) in [5.41, 5.74) is 5.68. The van der Waals surface area contributed by atoms with E-state index in [2.05, 4.69) is 18.7 Å². The number of amides is 1. The highest BCUT2D eigenvalue weighted by Gasteiger charge is 2.28. The Balaban J connectivity index is 2.45. The quantitative estimate of drug-likeness (QED) is 0.775. The second kappa shape index (κ2) is 7.70. The predicted molar refractivity (Wildman–Crippen MR) is 71.7 cm³/mol. The first kappa shape index (κ1) is 14.5. The first-order valence-electron chi connectivity index (χ1n) is 7.21. The lowest BCUT2D eigenvalue weighted by molar-refractivity contribution is -0.136. The minimum atomic E-state index is 0.274. The molecule has 0 aromatic carbocycles. The Morgan fingerprint density at radius 2 is 1.65 bits per heavy atom. The minimum absolute atomic E-state index is 0.274. The molecule has 2 N–H and O–H groups in total. The van der Waals surface area contributed by atoms with E-state index < -0.39 is 0 Å². The molecule has 100 valence electrons. The van der Waals surface area contributed by atoms with Crippen LogP contribution in [0.1, 0.15) is 52.4 Å². The van der Waals surface area contributed by atoms with E-state index in [0.29, 0.717) is 11.8 Å². The average Bonchev–Trinajstić information content (AvgIpc) is 2.38. The standard InChI is InChI=1S/C14H28N2O/c1-3-9-16(10-4-2)14(17)13-7-5-12(11-15)6-8-13/h12-13H,3-11,15H2,1-2H3. The van der Waals surface area contributed by atoms with Gasteiger partial charge in [0.2, 0.25) is 5.91 Å². The Labute approximate surface area is 106 Å². The summed E-state index contributed by atoms with van der Waals surface area (Å²) in [7, 11) is 0. The highest BCUT2D eigenvalue weighted by Crippen LogP contribution is 2.29. The molecular weight excluding hydrogens is 212 g/mol. The van der Waals surface area contributed by atoms with Crippen LogP contribution < -0.4 is 5.73 Å². The molecule has 0 aromatic heterocycles. The molecule has 1 rings (SSSR count). The Morgan fingerprint density at radius 3 is 2.06 bits per heavy atom. The molecular formula is C14H28N2O. The van der Waals surface area contributed by atoms with Gasteiger partial charge in [-0.15, -0.1) is 0 Å². The summed E-state index contributed by atoms with van der Waals surface area (Å²) < 4.78 is 0. The van der Waals surface area contributed by atoms with Gasteiger partial charge >= 0.3 is 0 Å². The number of nitrogens with zero attached hydrogens (tertiary/aromatic N) is 1. The molecule has 0 heterocycles. The number of carbonyl (C=O) groups excluding carboxylic acids is 1. The van der Waals surface area contributed by atoms with Crippen molar-refractivity contribution in [1.29, 1.82) is 0 Å². The Bertz CT molecular complexity index is 216.